The Hall–Kier alpha value is -2.25. The van der Waals surface area contributed by atoms with Gasteiger partial charge in [0.25, 0.3) is 5.91 Å². The standard InChI is InChI=1S/C16H19FN4O2/c1-2-12-14(17)15(21-20-12)16(22)19-11-5-3-10(4-6-11)13-9-18-7-8-23-13/h3-6,13,18H,2,7-9H2,1H3,(H,19,22)(H,20,21). The third-order valence-corrected chi connectivity index (χ3v) is 3.81. The molecule has 3 N–H and O–H groups in total. The van der Waals surface area contributed by atoms with Crippen molar-refractivity contribution >= 4 is 11.6 Å². The van der Waals surface area contributed by atoms with Crippen molar-refractivity contribution in [3.63, 3.8) is 0 Å². The minimum Gasteiger partial charge on any atom is -0.371 e. The third kappa shape index (κ3) is 3.40. The Morgan fingerprint density at radius 2 is 2.22 bits per heavy atom. The lowest BCUT2D eigenvalue weighted by molar-refractivity contribution is 0.0277. The van der Waals surface area contributed by atoms with Crippen LogP contribution in [0.2, 0.25) is 0 Å². The summed E-state index contributed by atoms with van der Waals surface area (Å²) in [5.74, 6) is -1.16. The van der Waals surface area contributed by atoms with Gasteiger partial charge in [0.15, 0.2) is 11.5 Å². The molecule has 1 atom stereocenters. The number of ether oxygens (including phenoxy) is 1. The van der Waals surface area contributed by atoms with Gasteiger partial charge in [-0.25, -0.2) is 4.39 Å². The molecule has 1 amide bonds. The van der Waals surface area contributed by atoms with Crippen molar-refractivity contribution in [3.05, 3.63) is 47.0 Å². The number of aromatic amines is 1. The molecule has 7 heteroatoms. The van der Waals surface area contributed by atoms with Gasteiger partial charge >= 0.3 is 0 Å². The van der Waals surface area contributed by atoms with E-state index in [-0.39, 0.29) is 11.8 Å². The van der Waals surface area contributed by atoms with Gasteiger partial charge in [-0.15, -0.1) is 0 Å². The van der Waals surface area contributed by atoms with Gasteiger partial charge in [0.2, 0.25) is 0 Å². The molecule has 1 aliphatic heterocycles. The fourth-order valence-electron chi connectivity index (χ4n) is 2.50. The van der Waals surface area contributed by atoms with Crippen LogP contribution < -0.4 is 10.6 Å². The smallest absolute Gasteiger partial charge is 0.279 e. The van der Waals surface area contributed by atoms with E-state index in [0.29, 0.717) is 24.4 Å². The number of nitrogens with one attached hydrogen (secondary N) is 3. The number of carbonyl (C=O) groups excluding carboxylic acids is 1. The van der Waals surface area contributed by atoms with Crippen LogP contribution in [0, 0.1) is 5.82 Å². The van der Waals surface area contributed by atoms with E-state index in [9.17, 15) is 9.18 Å². The van der Waals surface area contributed by atoms with Crippen molar-refractivity contribution in [2.75, 3.05) is 25.0 Å². The van der Waals surface area contributed by atoms with Crippen molar-refractivity contribution in [1.82, 2.24) is 15.5 Å². The number of rotatable bonds is 4. The zero-order valence-corrected chi connectivity index (χ0v) is 12.9. The quantitative estimate of drug-likeness (QED) is 0.806. The second kappa shape index (κ2) is 6.89. The number of aromatic nitrogens is 2. The Balaban J connectivity index is 1.67. The minimum atomic E-state index is -0.594. The van der Waals surface area contributed by atoms with E-state index in [1.54, 1.807) is 19.1 Å². The van der Waals surface area contributed by atoms with Gasteiger partial charge in [-0.3, -0.25) is 9.89 Å². The van der Waals surface area contributed by atoms with Gasteiger partial charge in [-0.05, 0) is 24.1 Å². The van der Waals surface area contributed by atoms with Crippen LogP contribution in [0.15, 0.2) is 24.3 Å². The Kier molecular flexibility index (Phi) is 4.68. The first-order chi connectivity index (χ1) is 11.2. The average molecular weight is 318 g/mol. The Labute approximate surface area is 133 Å². The van der Waals surface area contributed by atoms with E-state index in [1.165, 1.54) is 0 Å². The SMILES string of the molecule is CCc1[nH]nc(C(=O)Nc2ccc(C3CNCCO3)cc2)c1F. The number of carbonyl (C=O) groups is 1. The number of anilines is 1. The third-order valence-electron chi connectivity index (χ3n) is 3.81. The molecule has 1 aromatic carbocycles. The summed E-state index contributed by atoms with van der Waals surface area (Å²) in [7, 11) is 0. The van der Waals surface area contributed by atoms with Crippen LogP contribution in [-0.4, -0.2) is 35.8 Å². The molecule has 1 unspecified atom stereocenters. The first-order valence-corrected chi connectivity index (χ1v) is 7.65. The highest BCUT2D eigenvalue weighted by atomic mass is 19.1. The number of benzene rings is 1. The lowest BCUT2D eigenvalue weighted by Gasteiger charge is -2.24. The van der Waals surface area contributed by atoms with Crippen LogP contribution in [0.4, 0.5) is 10.1 Å². The van der Waals surface area contributed by atoms with Gasteiger partial charge in [0, 0.05) is 18.8 Å². The number of hydrogen-bond acceptors (Lipinski definition) is 4. The topological polar surface area (TPSA) is 79.0 Å². The molecule has 0 radical (unpaired) electrons. The molecule has 0 aliphatic carbocycles. The molecule has 2 aromatic rings. The number of amides is 1. The zero-order valence-electron chi connectivity index (χ0n) is 12.9. The molecule has 1 saturated heterocycles. The molecule has 0 saturated carbocycles. The van der Waals surface area contributed by atoms with Crippen molar-refractivity contribution < 1.29 is 13.9 Å². The second-order valence-corrected chi connectivity index (χ2v) is 5.36. The summed E-state index contributed by atoms with van der Waals surface area (Å²) in [6, 6.07) is 7.34. The summed E-state index contributed by atoms with van der Waals surface area (Å²) in [6.45, 7) is 4.10. The van der Waals surface area contributed by atoms with Crippen molar-refractivity contribution in [3.8, 4) is 0 Å². The highest BCUT2D eigenvalue weighted by Gasteiger charge is 2.19. The van der Waals surface area contributed by atoms with Crippen LogP contribution >= 0.6 is 0 Å². The van der Waals surface area contributed by atoms with E-state index >= 15 is 0 Å². The molecule has 0 spiro atoms. The van der Waals surface area contributed by atoms with Crippen molar-refractivity contribution in [2.24, 2.45) is 0 Å². The number of aryl methyl sites for hydroxylation is 1. The normalized spacial score (nSPS) is 17.9. The summed E-state index contributed by atoms with van der Waals surface area (Å²) >= 11 is 0. The maximum Gasteiger partial charge on any atom is 0.279 e. The predicted molar refractivity (Wildman–Crippen MR) is 83.9 cm³/mol. The van der Waals surface area contributed by atoms with E-state index in [2.05, 4.69) is 20.8 Å². The van der Waals surface area contributed by atoms with Gasteiger partial charge in [-0.2, -0.15) is 5.10 Å². The molecular weight excluding hydrogens is 299 g/mol. The number of H-pyrrole nitrogens is 1. The fourth-order valence-corrected chi connectivity index (χ4v) is 2.50. The molecule has 2 heterocycles. The molecule has 3 rings (SSSR count). The van der Waals surface area contributed by atoms with Gasteiger partial charge < -0.3 is 15.4 Å². The molecular formula is C16H19FN4O2. The van der Waals surface area contributed by atoms with Crippen LogP contribution in [0.1, 0.15) is 34.8 Å². The summed E-state index contributed by atoms with van der Waals surface area (Å²) in [4.78, 5) is 12.1. The van der Waals surface area contributed by atoms with Gasteiger partial charge in [0.05, 0.1) is 18.4 Å². The van der Waals surface area contributed by atoms with Crippen LogP contribution in [0.25, 0.3) is 0 Å². The zero-order chi connectivity index (χ0) is 16.2. The summed E-state index contributed by atoms with van der Waals surface area (Å²) < 4.78 is 19.6. The van der Waals surface area contributed by atoms with E-state index in [4.69, 9.17) is 4.74 Å². The summed E-state index contributed by atoms with van der Waals surface area (Å²) in [5, 5.41) is 12.2. The molecule has 1 aromatic heterocycles. The van der Waals surface area contributed by atoms with Crippen molar-refractivity contribution in [1.29, 1.82) is 0 Å². The lowest BCUT2D eigenvalue weighted by Crippen LogP contribution is -2.33. The number of morpholine rings is 1. The van der Waals surface area contributed by atoms with Crippen LogP contribution in [0.5, 0.6) is 0 Å². The Morgan fingerprint density at radius 1 is 1.43 bits per heavy atom. The lowest BCUT2D eigenvalue weighted by atomic mass is 10.1. The van der Waals surface area contributed by atoms with Gasteiger partial charge in [0.1, 0.15) is 0 Å². The molecule has 6 nitrogen and oxygen atoms in total. The maximum absolute atomic E-state index is 13.9. The number of halogens is 1. The van der Waals surface area contributed by atoms with Crippen LogP contribution in [0.3, 0.4) is 0 Å². The first-order valence-electron chi connectivity index (χ1n) is 7.65. The first kappa shape index (κ1) is 15.6. The second-order valence-electron chi connectivity index (χ2n) is 5.36. The van der Waals surface area contributed by atoms with Crippen molar-refractivity contribution in [2.45, 2.75) is 19.4 Å². The van der Waals surface area contributed by atoms with Crippen LogP contribution in [-0.2, 0) is 11.2 Å². The highest BCUT2D eigenvalue weighted by Crippen LogP contribution is 2.21. The maximum atomic E-state index is 13.9. The monoisotopic (exact) mass is 318 g/mol. The Bertz CT molecular complexity index is 678. The molecule has 1 fully saturated rings. The summed E-state index contributed by atoms with van der Waals surface area (Å²) in [5.41, 5.74) is 1.73. The number of nitrogens with zero attached hydrogens (tertiary/aromatic N) is 1. The highest BCUT2D eigenvalue weighted by molar-refractivity contribution is 6.03. The Morgan fingerprint density at radius 3 is 2.83 bits per heavy atom. The fraction of sp³-hybridized carbons (Fsp3) is 0.375. The van der Waals surface area contributed by atoms with Gasteiger partial charge in [-0.1, -0.05) is 19.1 Å². The molecule has 1 aliphatic rings. The minimum absolute atomic E-state index is 0.0180. The largest absolute Gasteiger partial charge is 0.371 e. The molecule has 23 heavy (non-hydrogen) atoms. The summed E-state index contributed by atoms with van der Waals surface area (Å²) in [6.07, 6.45) is 0.473. The average Bonchev–Trinajstić information content (AvgIpc) is 2.97. The predicted octanol–water partition coefficient (Wildman–Crippen LogP) is 2.02. The molecule has 122 valence electrons. The molecule has 0 bridgehead atoms. The van der Waals surface area contributed by atoms with E-state index in [0.717, 1.165) is 18.7 Å². The van der Waals surface area contributed by atoms with E-state index < -0.39 is 11.7 Å². The number of hydrogen-bond donors (Lipinski definition) is 3. The van der Waals surface area contributed by atoms with E-state index in [1.807, 2.05) is 12.1 Å².